The monoisotopic (exact) mass is 849 g/mol. The molecule has 0 N–H and O–H groups in total. The molecule has 0 radical (unpaired) electrons. The molecule has 2 atom stereocenters. The van der Waals surface area contributed by atoms with Gasteiger partial charge in [-0.25, -0.2) is 0 Å². The molecule has 0 fully saturated rings. The Bertz CT molecular complexity index is 1930. The minimum absolute atomic E-state index is 0.105. The topological polar surface area (TPSA) is 0 Å². The van der Waals surface area contributed by atoms with Crippen LogP contribution in [0.2, 0.25) is 13.1 Å². The summed E-state index contributed by atoms with van der Waals surface area (Å²) in [5.41, 5.74) is 5.00. The molecule has 10 heteroatoms. The third kappa shape index (κ3) is 6.77. The summed E-state index contributed by atoms with van der Waals surface area (Å²) in [4.78, 5) is 0. The predicted octanol–water partition coefficient (Wildman–Crippen LogP) is 14.7. The van der Waals surface area contributed by atoms with Crippen molar-refractivity contribution in [3.8, 4) is 22.3 Å². The fourth-order valence-electron chi connectivity index (χ4n) is 8.76. The van der Waals surface area contributed by atoms with Gasteiger partial charge < -0.3 is 0 Å². The Kier molecular flexibility index (Phi) is 10.6. The zero-order valence-electron chi connectivity index (χ0n) is 30.1. The predicted molar refractivity (Wildman–Crippen MR) is 205 cm³/mol. The van der Waals surface area contributed by atoms with E-state index >= 15 is 0 Å². The number of rotatable bonds is 9. The van der Waals surface area contributed by atoms with Crippen molar-refractivity contribution in [2.75, 3.05) is 0 Å². The molecular formula is C42H43Cl2F6SiZr. The van der Waals surface area contributed by atoms with Crippen molar-refractivity contribution in [3.05, 3.63) is 129 Å². The average Bonchev–Trinajstić information content (AvgIpc) is 3.62. The Labute approximate surface area is 311 Å². The molecular weight excluding hydrogens is 809 g/mol. The Morgan fingerprint density at radius 3 is 1.23 bits per heavy atom. The van der Waals surface area contributed by atoms with Crippen molar-refractivity contribution in [1.29, 1.82) is 0 Å². The Morgan fingerprint density at radius 2 is 0.904 bits per heavy atom. The van der Waals surface area contributed by atoms with Crippen LogP contribution in [0.15, 0.2) is 96.1 Å². The summed E-state index contributed by atoms with van der Waals surface area (Å²) in [6.45, 7) is 12.8. The van der Waals surface area contributed by atoms with Gasteiger partial charge >= 0.3 is 314 Å². The van der Waals surface area contributed by atoms with Gasteiger partial charge in [-0.1, -0.05) is 0 Å². The molecule has 0 amide bonds. The van der Waals surface area contributed by atoms with Gasteiger partial charge in [0.2, 0.25) is 0 Å². The first kappa shape index (κ1) is 39.3. The van der Waals surface area contributed by atoms with E-state index in [9.17, 15) is 26.3 Å². The van der Waals surface area contributed by atoms with E-state index in [1.54, 1.807) is 24.3 Å². The van der Waals surface area contributed by atoms with Crippen LogP contribution in [-0.4, -0.2) is 5.92 Å². The van der Waals surface area contributed by atoms with Gasteiger partial charge in [0.15, 0.2) is 0 Å². The van der Waals surface area contributed by atoms with Crippen LogP contribution in [0, 0.1) is 11.8 Å². The molecule has 52 heavy (non-hydrogen) atoms. The summed E-state index contributed by atoms with van der Waals surface area (Å²) in [5.74, 6) is -1.64. The molecule has 2 aliphatic rings. The van der Waals surface area contributed by atoms with Crippen molar-refractivity contribution >= 4 is 35.1 Å². The van der Waals surface area contributed by atoms with Crippen LogP contribution in [0.4, 0.5) is 26.3 Å². The molecule has 0 spiro atoms. The first-order valence-corrected chi connectivity index (χ1v) is 34.1. The van der Waals surface area contributed by atoms with E-state index in [1.807, 2.05) is 24.3 Å². The summed E-state index contributed by atoms with van der Waals surface area (Å²) in [7, 11) is 17.1. The van der Waals surface area contributed by atoms with Crippen molar-refractivity contribution in [2.45, 2.75) is 73.2 Å². The van der Waals surface area contributed by atoms with Gasteiger partial charge in [-0.05, 0) is 0 Å². The van der Waals surface area contributed by atoms with Gasteiger partial charge in [0.05, 0.1) is 0 Å². The maximum absolute atomic E-state index is 14.4. The van der Waals surface area contributed by atoms with Gasteiger partial charge in [-0.3, -0.25) is 0 Å². The minimum atomic E-state index is -5.42. The Hall–Kier alpha value is -2.38. The number of hydrogen-bond acceptors (Lipinski definition) is 0. The molecule has 6 rings (SSSR count). The zero-order valence-corrected chi connectivity index (χ0v) is 35.2. The molecule has 0 nitrogen and oxygen atoms in total. The van der Waals surface area contributed by atoms with E-state index in [4.69, 9.17) is 17.0 Å². The van der Waals surface area contributed by atoms with Gasteiger partial charge in [0.25, 0.3) is 0 Å². The van der Waals surface area contributed by atoms with E-state index < -0.39 is 45.0 Å². The van der Waals surface area contributed by atoms with Crippen LogP contribution in [0.25, 0.3) is 34.4 Å². The van der Waals surface area contributed by atoms with Crippen molar-refractivity contribution < 1.29 is 41.9 Å². The molecule has 0 aromatic heterocycles. The first-order valence-electron chi connectivity index (χ1n) is 17.8. The summed E-state index contributed by atoms with van der Waals surface area (Å²) in [6.07, 6.45) is -3.69. The molecule has 2 unspecified atom stereocenters. The van der Waals surface area contributed by atoms with Gasteiger partial charge in [0.1, 0.15) is 0 Å². The quantitative estimate of drug-likeness (QED) is 0.116. The summed E-state index contributed by atoms with van der Waals surface area (Å²) >= 11 is -5.42. The number of allylic oxidation sites excluding steroid dienone is 2. The number of fused-ring (bicyclic) bond motifs is 2. The molecule has 0 aliphatic heterocycles. The fraction of sp³-hybridized carbons (Fsp3) is 0.333. The van der Waals surface area contributed by atoms with Crippen LogP contribution in [0.5, 0.6) is 0 Å². The number of hydrogen-bond donors (Lipinski definition) is 0. The van der Waals surface area contributed by atoms with E-state index in [2.05, 4.69) is 52.9 Å². The van der Waals surface area contributed by atoms with Gasteiger partial charge in [-0.2, -0.15) is 0 Å². The van der Waals surface area contributed by atoms with Gasteiger partial charge in [0, 0.05) is 0 Å². The first-order chi connectivity index (χ1) is 24.2. The number of alkyl halides is 6. The zero-order chi connectivity index (χ0) is 38.0. The number of benzene rings is 4. The van der Waals surface area contributed by atoms with Crippen LogP contribution < -0.4 is 0 Å². The normalized spacial score (nSPS) is 18.4. The SMILES string of the molecule is CC(C)CC1=Cc2c(-c3ccccc3C(F)(F)F)cccc2[CH]1[Zr]([Cl])([Cl])([CH]1C(CC(C)C)=Cc2c(-c3ccccc3C(F)(F)F)cccc21)[SiH](C)C. The van der Waals surface area contributed by atoms with Crippen LogP contribution >= 0.6 is 17.0 Å². The molecule has 275 valence electrons. The van der Waals surface area contributed by atoms with E-state index in [1.165, 1.54) is 24.3 Å². The number of halogens is 8. The summed E-state index contributed by atoms with van der Waals surface area (Å²) < 4.78 is 85.6. The maximum atomic E-state index is 14.4. The van der Waals surface area contributed by atoms with Crippen LogP contribution in [0.1, 0.15) is 81.2 Å². The van der Waals surface area contributed by atoms with Crippen LogP contribution in [-0.2, 0) is 27.9 Å². The van der Waals surface area contributed by atoms with Crippen molar-refractivity contribution in [2.24, 2.45) is 11.8 Å². The van der Waals surface area contributed by atoms with Crippen LogP contribution in [0.3, 0.4) is 0 Å². The van der Waals surface area contributed by atoms with E-state index in [0.717, 1.165) is 45.5 Å². The van der Waals surface area contributed by atoms with E-state index in [0.29, 0.717) is 24.0 Å². The molecule has 4 aromatic carbocycles. The summed E-state index contributed by atoms with van der Waals surface area (Å²) in [5, 5.41) is 0. The van der Waals surface area contributed by atoms with Crippen molar-refractivity contribution in [1.82, 2.24) is 0 Å². The van der Waals surface area contributed by atoms with Gasteiger partial charge in [-0.15, -0.1) is 0 Å². The average molecular weight is 852 g/mol. The van der Waals surface area contributed by atoms with Crippen molar-refractivity contribution in [3.63, 3.8) is 0 Å². The Morgan fingerprint density at radius 1 is 0.558 bits per heavy atom. The molecule has 2 aliphatic carbocycles. The second-order valence-electron chi connectivity index (χ2n) is 15.6. The molecule has 0 saturated carbocycles. The fourth-order valence-corrected chi connectivity index (χ4v) is 40.1. The molecule has 0 saturated heterocycles. The second kappa shape index (κ2) is 14.0. The third-order valence-electron chi connectivity index (χ3n) is 10.8. The molecule has 0 heterocycles. The molecule has 0 bridgehead atoms. The summed E-state index contributed by atoms with van der Waals surface area (Å²) in [6, 6.07) is 22.4. The molecule has 4 aromatic rings. The van der Waals surface area contributed by atoms with E-state index in [-0.39, 0.29) is 30.2 Å². The standard InChI is InChI=1S/2C20H18F3.C2H7Si.2ClH.Zr/c2*1-13(2)10-14-11-15-6-5-8-16(18(15)12-14)17-7-3-4-9-19(17)20(21,22)23;1-3-2;;;/h2*3-9,11-13H,10H2,1-2H3;3H,1-2H3;2*1H;/q;;;;;+2/p-2. The second-order valence-corrected chi connectivity index (χ2v) is 58.1. The third-order valence-corrected chi connectivity index (χ3v) is 62.7. The Balaban J connectivity index is 1.64.